The van der Waals surface area contributed by atoms with Gasteiger partial charge in [0.2, 0.25) is 0 Å². The molecule has 0 saturated carbocycles. The molecule has 1 unspecified atom stereocenters. The first kappa shape index (κ1) is 11.7. The zero-order valence-corrected chi connectivity index (χ0v) is 9.89. The normalized spacial score (nSPS) is 12.6. The van der Waals surface area contributed by atoms with E-state index in [2.05, 4.69) is 15.5 Å². The first-order chi connectivity index (χ1) is 8.18. The molecule has 2 rings (SSSR count). The SMILES string of the molecule is CC(NCc1ccccc1F)c1nncn1C. The Morgan fingerprint density at radius 2 is 2.18 bits per heavy atom. The third-order valence-electron chi connectivity index (χ3n) is 2.69. The molecule has 0 radical (unpaired) electrons. The molecule has 1 atom stereocenters. The second-order valence-corrected chi connectivity index (χ2v) is 3.99. The Morgan fingerprint density at radius 1 is 1.41 bits per heavy atom. The first-order valence-electron chi connectivity index (χ1n) is 5.49. The molecule has 0 spiro atoms. The number of hydrogen-bond acceptors (Lipinski definition) is 3. The van der Waals surface area contributed by atoms with Gasteiger partial charge in [-0.3, -0.25) is 0 Å². The molecule has 1 aromatic heterocycles. The fourth-order valence-electron chi connectivity index (χ4n) is 1.68. The molecule has 4 nitrogen and oxygen atoms in total. The maximum absolute atomic E-state index is 13.4. The fraction of sp³-hybridized carbons (Fsp3) is 0.333. The van der Waals surface area contributed by atoms with Crippen molar-refractivity contribution in [2.45, 2.75) is 19.5 Å². The quantitative estimate of drug-likeness (QED) is 0.877. The predicted molar refractivity (Wildman–Crippen MR) is 62.7 cm³/mol. The molecule has 17 heavy (non-hydrogen) atoms. The van der Waals surface area contributed by atoms with Crippen molar-refractivity contribution in [1.29, 1.82) is 0 Å². The third kappa shape index (κ3) is 2.68. The molecule has 0 aliphatic heterocycles. The molecule has 90 valence electrons. The zero-order chi connectivity index (χ0) is 12.3. The van der Waals surface area contributed by atoms with E-state index in [1.165, 1.54) is 6.07 Å². The summed E-state index contributed by atoms with van der Waals surface area (Å²) in [5.41, 5.74) is 0.654. The lowest BCUT2D eigenvalue weighted by molar-refractivity contribution is 0.512. The maximum atomic E-state index is 13.4. The molecule has 1 aromatic carbocycles. The van der Waals surface area contributed by atoms with Crippen molar-refractivity contribution >= 4 is 0 Å². The van der Waals surface area contributed by atoms with Gasteiger partial charge in [0, 0.05) is 19.2 Å². The molecule has 0 bridgehead atoms. The van der Waals surface area contributed by atoms with E-state index >= 15 is 0 Å². The topological polar surface area (TPSA) is 42.7 Å². The molecule has 0 aliphatic carbocycles. The molecular weight excluding hydrogens is 219 g/mol. The number of hydrogen-bond donors (Lipinski definition) is 1. The van der Waals surface area contributed by atoms with Gasteiger partial charge < -0.3 is 9.88 Å². The summed E-state index contributed by atoms with van der Waals surface area (Å²) in [5.74, 6) is 0.645. The molecule has 5 heteroatoms. The van der Waals surface area contributed by atoms with Crippen LogP contribution in [-0.4, -0.2) is 14.8 Å². The van der Waals surface area contributed by atoms with Crippen LogP contribution in [0.4, 0.5) is 4.39 Å². The van der Waals surface area contributed by atoms with E-state index in [9.17, 15) is 4.39 Å². The molecule has 0 saturated heterocycles. The van der Waals surface area contributed by atoms with Crippen molar-refractivity contribution in [1.82, 2.24) is 20.1 Å². The molecular formula is C12H15FN4. The summed E-state index contributed by atoms with van der Waals surface area (Å²) < 4.78 is 15.2. The van der Waals surface area contributed by atoms with Crippen LogP contribution in [0.5, 0.6) is 0 Å². The number of nitrogens with zero attached hydrogens (tertiary/aromatic N) is 3. The van der Waals surface area contributed by atoms with Gasteiger partial charge in [-0.05, 0) is 13.0 Å². The van der Waals surface area contributed by atoms with Gasteiger partial charge in [-0.15, -0.1) is 10.2 Å². The standard InChI is InChI=1S/C12H15FN4/c1-9(12-16-15-8-17(12)2)14-7-10-5-3-4-6-11(10)13/h3-6,8-9,14H,7H2,1-2H3. The minimum absolute atomic E-state index is 0.0297. The minimum Gasteiger partial charge on any atom is -0.319 e. The first-order valence-corrected chi connectivity index (χ1v) is 5.49. The summed E-state index contributed by atoms with van der Waals surface area (Å²) >= 11 is 0. The van der Waals surface area contributed by atoms with Crippen LogP contribution in [-0.2, 0) is 13.6 Å². The highest BCUT2D eigenvalue weighted by molar-refractivity contribution is 5.17. The lowest BCUT2D eigenvalue weighted by atomic mass is 10.2. The van der Waals surface area contributed by atoms with Crippen LogP contribution in [0, 0.1) is 5.82 Å². The Bertz CT molecular complexity index is 495. The summed E-state index contributed by atoms with van der Waals surface area (Å²) in [6.45, 7) is 2.45. The van der Waals surface area contributed by atoms with Gasteiger partial charge in [-0.2, -0.15) is 0 Å². The Balaban J connectivity index is 2.00. The average Bonchev–Trinajstić information content (AvgIpc) is 2.74. The minimum atomic E-state index is -0.190. The van der Waals surface area contributed by atoms with E-state index in [0.29, 0.717) is 12.1 Å². The number of aromatic nitrogens is 3. The van der Waals surface area contributed by atoms with Crippen LogP contribution in [0.2, 0.25) is 0 Å². The molecule has 0 aliphatic rings. The molecule has 0 amide bonds. The lowest BCUT2D eigenvalue weighted by Crippen LogP contribution is -2.21. The second kappa shape index (κ2) is 5.05. The Morgan fingerprint density at radius 3 is 2.82 bits per heavy atom. The number of halogens is 1. The third-order valence-corrected chi connectivity index (χ3v) is 2.69. The van der Waals surface area contributed by atoms with Crippen molar-refractivity contribution in [3.63, 3.8) is 0 Å². The van der Waals surface area contributed by atoms with E-state index in [4.69, 9.17) is 0 Å². The largest absolute Gasteiger partial charge is 0.319 e. The van der Waals surface area contributed by atoms with E-state index in [-0.39, 0.29) is 11.9 Å². The van der Waals surface area contributed by atoms with Gasteiger partial charge in [-0.25, -0.2) is 4.39 Å². The van der Waals surface area contributed by atoms with Crippen molar-refractivity contribution in [3.05, 3.63) is 47.8 Å². The molecule has 0 fully saturated rings. The number of nitrogens with one attached hydrogen (secondary N) is 1. The predicted octanol–water partition coefficient (Wildman–Crippen LogP) is 1.80. The van der Waals surface area contributed by atoms with Crippen molar-refractivity contribution in [2.24, 2.45) is 7.05 Å². The Kier molecular flexibility index (Phi) is 3.49. The Hall–Kier alpha value is -1.75. The van der Waals surface area contributed by atoms with Crippen LogP contribution in [0.25, 0.3) is 0 Å². The van der Waals surface area contributed by atoms with Gasteiger partial charge in [0.05, 0.1) is 6.04 Å². The van der Waals surface area contributed by atoms with Gasteiger partial charge in [0.15, 0.2) is 0 Å². The van der Waals surface area contributed by atoms with Gasteiger partial charge in [0.1, 0.15) is 18.0 Å². The highest BCUT2D eigenvalue weighted by Gasteiger charge is 2.11. The van der Waals surface area contributed by atoms with Crippen LogP contribution in [0.3, 0.4) is 0 Å². The van der Waals surface area contributed by atoms with Crippen molar-refractivity contribution in [3.8, 4) is 0 Å². The highest BCUT2D eigenvalue weighted by Crippen LogP contribution is 2.11. The average molecular weight is 234 g/mol. The van der Waals surface area contributed by atoms with Crippen LogP contribution >= 0.6 is 0 Å². The van der Waals surface area contributed by atoms with Crippen LogP contribution < -0.4 is 5.32 Å². The van der Waals surface area contributed by atoms with Crippen LogP contribution in [0.1, 0.15) is 24.4 Å². The zero-order valence-electron chi connectivity index (χ0n) is 9.89. The highest BCUT2D eigenvalue weighted by atomic mass is 19.1. The second-order valence-electron chi connectivity index (χ2n) is 3.99. The van der Waals surface area contributed by atoms with Crippen molar-refractivity contribution < 1.29 is 4.39 Å². The smallest absolute Gasteiger partial charge is 0.149 e. The number of aryl methyl sites for hydroxylation is 1. The number of rotatable bonds is 4. The van der Waals surface area contributed by atoms with Crippen LogP contribution in [0.15, 0.2) is 30.6 Å². The van der Waals surface area contributed by atoms with Gasteiger partial charge >= 0.3 is 0 Å². The van der Waals surface area contributed by atoms with E-state index in [0.717, 1.165) is 5.82 Å². The summed E-state index contributed by atoms with van der Waals surface area (Å²) in [5, 5.41) is 11.0. The summed E-state index contributed by atoms with van der Waals surface area (Å²) in [7, 11) is 1.89. The number of benzene rings is 1. The molecule has 1 N–H and O–H groups in total. The monoisotopic (exact) mass is 234 g/mol. The lowest BCUT2D eigenvalue weighted by Gasteiger charge is -2.13. The van der Waals surface area contributed by atoms with E-state index in [1.807, 2.05) is 24.6 Å². The summed E-state index contributed by atoms with van der Waals surface area (Å²) in [4.78, 5) is 0. The van der Waals surface area contributed by atoms with E-state index in [1.54, 1.807) is 18.5 Å². The summed E-state index contributed by atoms with van der Waals surface area (Å²) in [6.07, 6.45) is 1.65. The van der Waals surface area contributed by atoms with Gasteiger partial charge in [0.25, 0.3) is 0 Å². The van der Waals surface area contributed by atoms with E-state index < -0.39 is 0 Å². The van der Waals surface area contributed by atoms with Gasteiger partial charge in [-0.1, -0.05) is 18.2 Å². The van der Waals surface area contributed by atoms with Crippen molar-refractivity contribution in [2.75, 3.05) is 0 Å². The fourth-order valence-corrected chi connectivity index (χ4v) is 1.68. The Labute approximate surface area is 99.5 Å². The maximum Gasteiger partial charge on any atom is 0.149 e. The molecule has 1 heterocycles. The molecule has 2 aromatic rings. The summed E-state index contributed by atoms with van der Waals surface area (Å²) in [6, 6.07) is 6.77.